The van der Waals surface area contributed by atoms with Gasteiger partial charge in [0.05, 0.1) is 28.5 Å². The molecule has 90 valence electrons. The number of nitrogens with one attached hydrogen (secondary N) is 1. The molecule has 0 bridgehead atoms. The second-order valence-corrected chi connectivity index (χ2v) is 4.52. The van der Waals surface area contributed by atoms with E-state index in [1.807, 2.05) is 0 Å². The summed E-state index contributed by atoms with van der Waals surface area (Å²) < 4.78 is 4.99. The molecule has 1 heterocycles. The topological polar surface area (TPSA) is 75.2 Å². The van der Waals surface area contributed by atoms with Crippen molar-refractivity contribution in [3.63, 3.8) is 0 Å². The number of H-pyrrole nitrogens is 1. The number of aliphatic hydroxyl groups is 1. The minimum Gasteiger partial charge on any atom is -0.459 e. The molecule has 0 spiro atoms. The predicted octanol–water partition coefficient (Wildman–Crippen LogP) is 1.49. The third-order valence-electron chi connectivity index (χ3n) is 2.21. The lowest BCUT2D eigenvalue weighted by Crippen LogP contribution is -2.27. The normalized spacial score (nSPS) is 11.7. The average molecular weight is 234 g/mol. The number of hydrogen-bond donors (Lipinski definition) is 2. The third-order valence-corrected chi connectivity index (χ3v) is 2.21. The molecule has 0 saturated carbocycles. The summed E-state index contributed by atoms with van der Waals surface area (Å²) in [4.78, 5) is 18.7. The van der Waals surface area contributed by atoms with E-state index < -0.39 is 11.6 Å². The Morgan fingerprint density at radius 3 is 3.00 bits per heavy atom. The van der Waals surface area contributed by atoms with E-state index in [9.17, 15) is 9.90 Å². The predicted molar refractivity (Wildman–Crippen MR) is 62.7 cm³/mol. The van der Waals surface area contributed by atoms with Crippen LogP contribution in [0.2, 0.25) is 0 Å². The van der Waals surface area contributed by atoms with E-state index in [0.29, 0.717) is 5.56 Å². The molecule has 0 radical (unpaired) electrons. The van der Waals surface area contributed by atoms with Gasteiger partial charge in [-0.1, -0.05) is 0 Å². The molecule has 2 rings (SSSR count). The van der Waals surface area contributed by atoms with E-state index in [4.69, 9.17) is 4.74 Å². The zero-order valence-electron chi connectivity index (χ0n) is 9.73. The fraction of sp³-hybridized carbons (Fsp3) is 0.333. The number of nitrogens with zero attached hydrogens (tertiary/aromatic N) is 1. The second kappa shape index (κ2) is 4.18. The van der Waals surface area contributed by atoms with E-state index in [0.717, 1.165) is 11.0 Å². The number of carbonyl (C=O) groups excluding carboxylic acids is 1. The number of esters is 1. The number of carbonyl (C=O) groups is 1. The first-order valence-electron chi connectivity index (χ1n) is 5.28. The van der Waals surface area contributed by atoms with Crippen LogP contribution in [0.25, 0.3) is 11.0 Å². The Labute approximate surface area is 98.4 Å². The van der Waals surface area contributed by atoms with Crippen LogP contribution in [-0.2, 0) is 4.74 Å². The van der Waals surface area contributed by atoms with Crippen LogP contribution in [0.4, 0.5) is 0 Å². The summed E-state index contributed by atoms with van der Waals surface area (Å²) in [6.45, 7) is 3.13. The lowest BCUT2D eigenvalue weighted by atomic mass is 10.1. The highest BCUT2D eigenvalue weighted by atomic mass is 16.5. The molecule has 0 unspecified atom stereocenters. The largest absolute Gasteiger partial charge is 0.459 e. The van der Waals surface area contributed by atoms with Crippen LogP contribution < -0.4 is 0 Å². The van der Waals surface area contributed by atoms with Crippen LogP contribution in [-0.4, -0.2) is 33.3 Å². The summed E-state index contributed by atoms with van der Waals surface area (Å²) in [5, 5.41) is 9.46. The van der Waals surface area contributed by atoms with Gasteiger partial charge in [-0.05, 0) is 32.0 Å². The molecule has 0 atom stereocenters. The molecule has 0 aliphatic heterocycles. The van der Waals surface area contributed by atoms with Gasteiger partial charge >= 0.3 is 5.97 Å². The first kappa shape index (κ1) is 11.6. The smallest absolute Gasteiger partial charge is 0.338 e. The number of aromatic nitrogens is 2. The Bertz CT molecular complexity index is 540. The molecular weight excluding hydrogens is 220 g/mol. The molecular formula is C12H14N2O3. The van der Waals surface area contributed by atoms with Crippen LogP contribution in [0.1, 0.15) is 24.2 Å². The summed E-state index contributed by atoms with van der Waals surface area (Å²) in [5.74, 6) is -0.455. The SMILES string of the molecule is CC(C)(O)COC(=O)c1ccc2nc[nH]c2c1. The molecule has 0 fully saturated rings. The first-order chi connectivity index (χ1) is 7.96. The van der Waals surface area contributed by atoms with Gasteiger partial charge in [0.25, 0.3) is 0 Å². The molecule has 0 aliphatic rings. The van der Waals surface area contributed by atoms with Gasteiger partial charge in [0.15, 0.2) is 0 Å². The van der Waals surface area contributed by atoms with Gasteiger partial charge in [-0.2, -0.15) is 0 Å². The quantitative estimate of drug-likeness (QED) is 0.789. The molecule has 17 heavy (non-hydrogen) atoms. The van der Waals surface area contributed by atoms with Crippen molar-refractivity contribution in [1.29, 1.82) is 0 Å². The van der Waals surface area contributed by atoms with Crippen molar-refractivity contribution in [3.8, 4) is 0 Å². The molecule has 2 N–H and O–H groups in total. The number of imidazole rings is 1. The maximum absolute atomic E-state index is 11.7. The number of fused-ring (bicyclic) bond motifs is 1. The summed E-state index contributed by atoms with van der Waals surface area (Å²) in [6, 6.07) is 5.07. The van der Waals surface area contributed by atoms with Crippen molar-refractivity contribution < 1.29 is 14.6 Å². The van der Waals surface area contributed by atoms with E-state index in [1.54, 1.807) is 38.4 Å². The highest BCUT2D eigenvalue weighted by Gasteiger charge is 2.17. The maximum atomic E-state index is 11.7. The molecule has 2 aromatic rings. The highest BCUT2D eigenvalue weighted by Crippen LogP contribution is 2.13. The summed E-state index contributed by atoms with van der Waals surface area (Å²) >= 11 is 0. The molecule has 1 aromatic heterocycles. The Hall–Kier alpha value is -1.88. The number of ether oxygens (including phenoxy) is 1. The van der Waals surface area contributed by atoms with Crippen LogP contribution in [0.5, 0.6) is 0 Å². The van der Waals surface area contributed by atoms with Crippen LogP contribution in [0.3, 0.4) is 0 Å². The van der Waals surface area contributed by atoms with Gasteiger partial charge in [-0.25, -0.2) is 9.78 Å². The van der Waals surface area contributed by atoms with Gasteiger partial charge in [-0.15, -0.1) is 0 Å². The average Bonchev–Trinajstić information content (AvgIpc) is 2.71. The maximum Gasteiger partial charge on any atom is 0.338 e. The standard InChI is InChI=1S/C12H14N2O3/c1-12(2,16)6-17-11(15)8-3-4-9-10(5-8)14-7-13-9/h3-5,7,16H,6H2,1-2H3,(H,13,14). The van der Waals surface area contributed by atoms with Crippen molar-refractivity contribution in [2.45, 2.75) is 19.4 Å². The second-order valence-electron chi connectivity index (χ2n) is 4.52. The van der Waals surface area contributed by atoms with Gasteiger partial charge < -0.3 is 14.8 Å². The van der Waals surface area contributed by atoms with Crippen LogP contribution >= 0.6 is 0 Å². The van der Waals surface area contributed by atoms with Crippen molar-refractivity contribution >= 4 is 17.0 Å². The van der Waals surface area contributed by atoms with Crippen molar-refractivity contribution in [1.82, 2.24) is 9.97 Å². The minimum absolute atomic E-state index is 0.0349. The Kier molecular flexibility index (Phi) is 2.85. The fourth-order valence-corrected chi connectivity index (χ4v) is 1.39. The van der Waals surface area contributed by atoms with E-state index in [2.05, 4.69) is 9.97 Å². The third kappa shape index (κ3) is 2.82. The van der Waals surface area contributed by atoms with Crippen LogP contribution in [0.15, 0.2) is 24.5 Å². The number of hydrogen-bond acceptors (Lipinski definition) is 4. The lowest BCUT2D eigenvalue weighted by Gasteiger charge is -2.16. The molecule has 5 heteroatoms. The number of benzene rings is 1. The van der Waals surface area contributed by atoms with Gasteiger partial charge in [-0.3, -0.25) is 0 Å². The monoisotopic (exact) mass is 234 g/mol. The van der Waals surface area contributed by atoms with Gasteiger partial charge in [0.2, 0.25) is 0 Å². The summed E-state index contributed by atoms with van der Waals surface area (Å²) in [7, 11) is 0. The molecule has 0 saturated heterocycles. The van der Waals surface area contributed by atoms with Crippen molar-refractivity contribution in [2.24, 2.45) is 0 Å². The lowest BCUT2D eigenvalue weighted by molar-refractivity contribution is -0.0100. The number of aromatic amines is 1. The summed E-state index contributed by atoms with van der Waals surface area (Å²) in [5.41, 5.74) is 0.992. The van der Waals surface area contributed by atoms with Gasteiger partial charge in [0.1, 0.15) is 6.61 Å². The van der Waals surface area contributed by atoms with Gasteiger partial charge in [0, 0.05) is 0 Å². The molecule has 1 aromatic carbocycles. The summed E-state index contributed by atoms with van der Waals surface area (Å²) in [6.07, 6.45) is 1.57. The molecule has 0 aliphatic carbocycles. The zero-order valence-corrected chi connectivity index (χ0v) is 9.73. The van der Waals surface area contributed by atoms with Crippen LogP contribution in [0, 0.1) is 0 Å². The zero-order chi connectivity index (χ0) is 12.5. The highest BCUT2D eigenvalue weighted by molar-refractivity contribution is 5.93. The van der Waals surface area contributed by atoms with E-state index in [1.165, 1.54) is 0 Å². The van der Waals surface area contributed by atoms with E-state index in [-0.39, 0.29) is 6.61 Å². The number of rotatable bonds is 3. The minimum atomic E-state index is -1.02. The van der Waals surface area contributed by atoms with E-state index >= 15 is 0 Å². The van der Waals surface area contributed by atoms with Crippen molar-refractivity contribution in [2.75, 3.05) is 6.61 Å². The molecule has 0 amide bonds. The fourth-order valence-electron chi connectivity index (χ4n) is 1.39. The Morgan fingerprint density at radius 1 is 1.53 bits per heavy atom. The Balaban J connectivity index is 2.13. The molecule has 5 nitrogen and oxygen atoms in total. The Morgan fingerprint density at radius 2 is 2.29 bits per heavy atom. The first-order valence-corrected chi connectivity index (χ1v) is 5.28. The van der Waals surface area contributed by atoms with Crippen molar-refractivity contribution in [3.05, 3.63) is 30.1 Å².